The fourth-order valence-electron chi connectivity index (χ4n) is 3.01. The number of halogens is 4. The van der Waals surface area contributed by atoms with Crippen LogP contribution in [0.15, 0.2) is 18.2 Å². The maximum Gasteiger partial charge on any atom is 0.416 e. The van der Waals surface area contributed by atoms with Gasteiger partial charge in [0, 0.05) is 12.8 Å². The van der Waals surface area contributed by atoms with Gasteiger partial charge in [0.1, 0.15) is 0 Å². The number of alkyl halides is 3. The van der Waals surface area contributed by atoms with Crippen molar-refractivity contribution in [3.05, 3.63) is 23.8 Å². The summed E-state index contributed by atoms with van der Waals surface area (Å²) in [5.74, 6) is -1.10. The van der Waals surface area contributed by atoms with Crippen molar-refractivity contribution in [1.29, 1.82) is 0 Å². The van der Waals surface area contributed by atoms with Crippen molar-refractivity contribution >= 4 is 35.6 Å². The summed E-state index contributed by atoms with van der Waals surface area (Å²) in [6, 6.07) is 2.82. The van der Waals surface area contributed by atoms with Crippen LogP contribution in [0.3, 0.4) is 0 Å². The highest BCUT2D eigenvalue weighted by Crippen LogP contribution is 2.36. The van der Waals surface area contributed by atoms with E-state index < -0.39 is 17.6 Å². The van der Waals surface area contributed by atoms with Crippen LogP contribution >= 0.6 is 12.4 Å². The average Bonchev–Trinajstić information content (AvgIpc) is 2.96. The van der Waals surface area contributed by atoms with Crippen molar-refractivity contribution in [2.24, 2.45) is 17.6 Å². The second-order valence-corrected chi connectivity index (χ2v) is 5.96. The highest BCUT2D eigenvalue weighted by atomic mass is 35.5. The van der Waals surface area contributed by atoms with Crippen molar-refractivity contribution in [3.8, 4) is 0 Å². The van der Waals surface area contributed by atoms with E-state index in [1.807, 2.05) is 0 Å². The molecule has 1 saturated carbocycles. The third-order valence-corrected chi connectivity index (χ3v) is 4.21. The largest absolute Gasteiger partial charge is 0.416 e. The highest BCUT2D eigenvalue weighted by molar-refractivity contribution is 6.00. The zero-order valence-corrected chi connectivity index (χ0v) is 14.5. The molecule has 140 valence electrons. The van der Waals surface area contributed by atoms with Crippen LogP contribution in [0.5, 0.6) is 0 Å². The summed E-state index contributed by atoms with van der Waals surface area (Å²) in [5, 5.41) is 4.95. The van der Waals surface area contributed by atoms with Gasteiger partial charge < -0.3 is 16.4 Å². The van der Waals surface area contributed by atoms with Gasteiger partial charge in [0.25, 0.3) is 0 Å². The number of amides is 2. The lowest BCUT2D eigenvalue weighted by atomic mass is 9.95. The minimum absolute atomic E-state index is 0. The lowest BCUT2D eigenvalue weighted by Gasteiger charge is -2.20. The Kier molecular flexibility index (Phi) is 7.25. The van der Waals surface area contributed by atoms with Gasteiger partial charge in [0.05, 0.1) is 16.9 Å². The molecule has 0 unspecified atom stereocenters. The predicted octanol–water partition coefficient (Wildman–Crippen LogP) is 3.40. The van der Waals surface area contributed by atoms with E-state index in [-0.39, 0.29) is 41.5 Å². The molecule has 0 aromatic heterocycles. The maximum absolute atomic E-state index is 12.9. The molecule has 25 heavy (non-hydrogen) atoms. The number of benzene rings is 1. The molecule has 0 aliphatic heterocycles. The number of carbonyl (C=O) groups excluding carboxylic acids is 2. The number of carbonyl (C=O) groups is 2. The molecule has 1 aromatic rings. The van der Waals surface area contributed by atoms with Crippen LogP contribution in [0, 0.1) is 11.8 Å². The Morgan fingerprint density at radius 2 is 1.88 bits per heavy atom. The van der Waals surface area contributed by atoms with Crippen molar-refractivity contribution in [1.82, 2.24) is 0 Å². The van der Waals surface area contributed by atoms with Crippen LogP contribution in [0.25, 0.3) is 0 Å². The number of hydrogen-bond acceptors (Lipinski definition) is 3. The van der Waals surface area contributed by atoms with E-state index >= 15 is 0 Å². The molecule has 1 fully saturated rings. The maximum atomic E-state index is 12.9. The Hall–Kier alpha value is -1.80. The monoisotopic (exact) mass is 379 g/mol. The van der Waals surface area contributed by atoms with Gasteiger partial charge in [-0.05, 0) is 43.5 Å². The smallest absolute Gasteiger partial charge is 0.330 e. The van der Waals surface area contributed by atoms with Gasteiger partial charge in [0.15, 0.2) is 0 Å². The molecule has 5 nitrogen and oxygen atoms in total. The Balaban J connectivity index is 0.00000312. The van der Waals surface area contributed by atoms with Gasteiger partial charge in [-0.1, -0.05) is 6.42 Å². The Morgan fingerprint density at radius 1 is 1.20 bits per heavy atom. The van der Waals surface area contributed by atoms with E-state index in [9.17, 15) is 22.8 Å². The third kappa shape index (κ3) is 5.34. The van der Waals surface area contributed by atoms with Crippen molar-refractivity contribution < 1.29 is 22.8 Å². The summed E-state index contributed by atoms with van der Waals surface area (Å²) >= 11 is 0. The van der Waals surface area contributed by atoms with Gasteiger partial charge in [-0.25, -0.2) is 0 Å². The number of anilines is 2. The summed E-state index contributed by atoms with van der Waals surface area (Å²) in [5.41, 5.74) is 4.82. The van der Waals surface area contributed by atoms with Crippen LogP contribution < -0.4 is 16.4 Å². The minimum atomic E-state index is -4.54. The summed E-state index contributed by atoms with van der Waals surface area (Å²) < 4.78 is 38.7. The standard InChI is InChI=1S/C16H20F3N3O2.ClH/c1-9(23)21-13-6-5-11(16(17,18)19)7-14(13)22-15(24)12-4-2-3-10(12)8-20;/h5-7,10,12H,2-4,8,20H2,1H3,(H,21,23)(H,22,24);1H/t10-,12-;/m1./s1. The van der Waals surface area contributed by atoms with E-state index in [4.69, 9.17) is 5.73 Å². The summed E-state index contributed by atoms with van der Waals surface area (Å²) in [4.78, 5) is 23.6. The second kappa shape index (κ2) is 8.53. The molecule has 0 bridgehead atoms. The Morgan fingerprint density at radius 3 is 2.44 bits per heavy atom. The average molecular weight is 380 g/mol. The molecule has 2 amide bonds. The van der Waals surface area contributed by atoms with Crippen LogP contribution in [-0.2, 0) is 15.8 Å². The summed E-state index contributed by atoms with van der Waals surface area (Å²) in [6.07, 6.45) is -2.19. The first-order valence-corrected chi connectivity index (χ1v) is 7.72. The van der Waals surface area contributed by atoms with Crippen LogP contribution in [0.4, 0.5) is 24.5 Å². The Labute approximate surface area is 149 Å². The summed E-state index contributed by atoms with van der Waals surface area (Å²) in [7, 11) is 0. The van der Waals surface area contributed by atoms with Gasteiger partial charge in [0.2, 0.25) is 11.8 Å². The van der Waals surface area contributed by atoms with E-state index in [2.05, 4.69) is 10.6 Å². The zero-order chi connectivity index (χ0) is 17.9. The first kappa shape index (κ1) is 21.2. The van der Waals surface area contributed by atoms with Crippen LogP contribution in [0.2, 0.25) is 0 Å². The van der Waals surface area contributed by atoms with E-state index in [0.717, 1.165) is 31.0 Å². The number of rotatable bonds is 4. The first-order valence-electron chi connectivity index (χ1n) is 7.72. The second-order valence-electron chi connectivity index (χ2n) is 5.96. The number of nitrogens with two attached hydrogens (primary N) is 1. The molecule has 0 heterocycles. The number of hydrogen-bond donors (Lipinski definition) is 3. The molecule has 0 radical (unpaired) electrons. The molecule has 4 N–H and O–H groups in total. The molecular formula is C16H21ClF3N3O2. The number of nitrogens with one attached hydrogen (secondary N) is 2. The molecule has 1 aliphatic carbocycles. The predicted molar refractivity (Wildman–Crippen MR) is 91.5 cm³/mol. The van der Waals surface area contributed by atoms with E-state index in [0.29, 0.717) is 13.0 Å². The van der Waals surface area contributed by atoms with Crippen molar-refractivity contribution in [3.63, 3.8) is 0 Å². The van der Waals surface area contributed by atoms with Crippen LogP contribution in [-0.4, -0.2) is 18.4 Å². The normalized spacial score (nSPS) is 19.9. The van der Waals surface area contributed by atoms with Gasteiger partial charge in [-0.15, -0.1) is 12.4 Å². The van der Waals surface area contributed by atoms with Gasteiger partial charge in [-0.2, -0.15) is 13.2 Å². The molecule has 2 atom stereocenters. The third-order valence-electron chi connectivity index (χ3n) is 4.21. The quantitative estimate of drug-likeness (QED) is 0.749. The SMILES string of the molecule is CC(=O)Nc1ccc(C(F)(F)F)cc1NC(=O)[C@@H]1CCC[C@@H]1CN.Cl. The fraction of sp³-hybridized carbons (Fsp3) is 0.500. The molecule has 0 saturated heterocycles. The molecule has 1 aromatic carbocycles. The minimum Gasteiger partial charge on any atom is -0.330 e. The van der Waals surface area contributed by atoms with Crippen LogP contribution in [0.1, 0.15) is 31.7 Å². The molecule has 9 heteroatoms. The van der Waals surface area contributed by atoms with Crippen molar-refractivity contribution in [2.75, 3.05) is 17.2 Å². The molecular weight excluding hydrogens is 359 g/mol. The van der Waals surface area contributed by atoms with E-state index in [1.54, 1.807) is 0 Å². The fourth-order valence-corrected chi connectivity index (χ4v) is 3.01. The topological polar surface area (TPSA) is 84.2 Å². The zero-order valence-electron chi connectivity index (χ0n) is 13.7. The van der Waals surface area contributed by atoms with Crippen molar-refractivity contribution in [2.45, 2.75) is 32.4 Å². The lowest BCUT2D eigenvalue weighted by Crippen LogP contribution is -2.30. The van der Waals surface area contributed by atoms with Gasteiger partial charge in [-0.3, -0.25) is 9.59 Å². The first-order chi connectivity index (χ1) is 11.2. The molecule has 0 spiro atoms. The summed E-state index contributed by atoms with van der Waals surface area (Å²) in [6.45, 7) is 1.60. The molecule has 2 rings (SSSR count). The molecule has 1 aliphatic rings. The Bertz CT molecular complexity index is 638. The highest BCUT2D eigenvalue weighted by Gasteiger charge is 2.34. The van der Waals surface area contributed by atoms with E-state index in [1.165, 1.54) is 6.92 Å². The van der Waals surface area contributed by atoms with Gasteiger partial charge >= 0.3 is 6.18 Å². The lowest BCUT2D eigenvalue weighted by molar-refractivity contribution is -0.137.